The number of aliphatic hydroxyl groups is 1. The van der Waals surface area contributed by atoms with Crippen LogP contribution in [0.25, 0.3) is 22.3 Å². The summed E-state index contributed by atoms with van der Waals surface area (Å²) in [4.78, 5) is 43.5. The first-order valence-corrected chi connectivity index (χ1v) is 14.7. The largest absolute Gasteiger partial charge is 0.697 e. The van der Waals surface area contributed by atoms with Crippen LogP contribution in [0.3, 0.4) is 0 Å². The van der Waals surface area contributed by atoms with E-state index >= 15 is 0 Å². The summed E-state index contributed by atoms with van der Waals surface area (Å²) in [6, 6.07) is 0. The third kappa shape index (κ3) is 5.69. The molecule has 9 atom stereocenters. The Morgan fingerprint density at radius 2 is 1.79 bits per heavy atom. The van der Waals surface area contributed by atoms with E-state index < -0.39 is 71.7 Å². The second-order valence-electron chi connectivity index (χ2n) is 9.44. The Kier molecular flexibility index (Phi) is 8.07. The summed E-state index contributed by atoms with van der Waals surface area (Å²) in [7, 11) is -6.02. The SMILES string of the molecule is Nc1nc2c(ncn2[C@@H]2O[C@H](CO[P+](=O)O)[C@@H](O[P+](=O)OC[C@@H]3C[C@@H](F)[C@H](n4cnc5c(N)ncnc54)O3)[C@H]2O)c(=O)[nH]1. The number of nitrogens with two attached hydrogens (primary N) is 2. The lowest BCUT2D eigenvalue weighted by Crippen LogP contribution is -2.35. The van der Waals surface area contributed by atoms with Crippen LogP contribution in [0.5, 0.6) is 0 Å². The molecule has 2 aliphatic heterocycles. The summed E-state index contributed by atoms with van der Waals surface area (Å²) in [6.45, 7) is -0.912. The van der Waals surface area contributed by atoms with Crippen molar-refractivity contribution in [3.05, 3.63) is 29.3 Å². The number of ether oxygens (including phenoxy) is 2. The molecule has 6 rings (SSSR count). The standard InChI is InChI=1S/C20H21FN10O10P2/c21-8-1-7(39-18(8)30-5-26-10-14(22)24-4-25-15(10)30)2-38-43(36)41-13-9(3-37-42(34)35)40-19(12(13)32)31-6-27-11-16(31)28-20(23)29-17(11)33/h4-9,12-13,18-19,32H,1-3H2,(H4-2,22,23,24,25,28,29,33,34,35)/p+2/t7-,8+,9+,12+,13+,18+,19+/m0/s1. The van der Waals surface area contributed by atoms with Crippen LogP contribution in [-0.4, -0.2) is 92.8 Å². The molecule has 7 N–H and O–H groups in total. The fourth-order valence-corrected chi connectivity index (χ4v) is 5.95. The molecule has 4 aromatic rings. The molecule has 0 aromatic carbocycles. The molecule has 2 fully saturated rings. The summed E-state index contributed by atoms with van der Waals surface area (Å²) in [5.41, 5.74) is 11.2. The molecule has 2 aliphatic rings. The number of nitrogens with one attached hydrogen (secondary N) is 1. The van der Waals surface area contributed by atoms with Gasteiger partial charge in [0, 0.05) is 15.6 Å². The number of alkyl halides is 1. The molecule has 2 unspecified atom stereocenters. The number of aliphatic hydroxyl groups excluding tert-OH is 1. The van der Waals surface area contributed by atoms with Crippen LogP contribution >= 0.6 is 16.5 Å². The van der Waals surface area contributed by atoms with Gasteiger partial charge in [-0.3, -0.25) is 18.9 Å². The fourth-order valence-electron chi connectivity index (χ4n) is 4.86. The van der Waals surface area contributed by atoms with Gasteiger partial charge < -0.3 is 26.0 Å². The van der Waals surface area contributed by atoms with E-state index in [1.165, 1.54) is 21.8 Å². The average Bonchev–Trinajstić information content (AvgIpc) is 3.72. The minimum atomic E-state index is -3.06. The van der Waals surface area contributed by atoms with Gasteiger partial charge in [0.25, 0.3) is 5.56 Å². The quantitative estimate of drug-likeness (QED) is 0.139. The number of fused-ring (bicyclic) bond motifs is 2. The third-order valence-corrected chi connectivity index (χ3v) is 7.89. The number of hydrogen-bond donors (Lipinski definition) is 5. The highest BCUT2D eigenvalue weighted by molar-refractivity contribution is 7.33. The van der Waals surface area contributed by atoms with E-state index in [-0.39, 0.29) is 47.1 Å². The van der Waals surface area contributed by atoms with Gasteiger partial charge >= 0.3 is 16.5 Å². The Labute approximate surface area is 240 Å². The average molecular weight is 644 g/mol. The lowest BCUT2D eigenvalue weighted by Gasteiger charge is -2.16. The number of imidazole rings is 2. The molecule has 0 spiro atoms. The van der Waals surface area contributed by atoms with Gasteiger partial charge in [-0.15, -0.1) is 18.5 Å². The molecule has 0 radical (unpaired) electrons. The van der Waals surface area contributed by atoms with Crippen molar-refractivity contribution in [3.8, 4) is 0 Å². The van der Waals surface area contributed by atoms with Crippen molar-refractivity contribution in [2.75, 3.05) is 24.7 Å². The minimum absolute atomic E-state index is 0.0342. The van der Waals surface area contributed by atoms with Gasteiger partial charge in [-0.25, -0.2) is 24.3 Å². The molecule has 2 saturated heterocycles. The van der Waals surface area contributed by atoms with Gasteiger partial charge in [-0.2, -0.15) is 4.98 Å². The molecular formula is C20H23FN10O10P2+2. The Bertz CT molecular complexity index is 1750. The molecule has 228 valence electrons. The van der Waals surface area contributed by atoms with Crippen LogP contribution in [0.4, 0.5) is 16.2 Å². The van der Waals surface area contributed by atoms with Crippen LogP contribution in [0.1, 0.15) is 18.9 Å². The second kappa shape index (κ2) is 11.8. The number of nitrogen functional groups attached to an aromatic ring is 2. The van der Waals surface area contributed by atoms with E-state index in [2.05, 4.69) is 29.9 Å². The van der Waals surface area contributed by atoms with Crippen molar-refractivity contribution in [1.82, 2.24) is 39.0 Å². The maximum absolute atomic E-state index is 14.9. The zero-order valence-corrected chi connectivity index (χ0v) is 23.4. The molecule has 0 saturated carbocycles. The third-order valence-electron chi connectivity index (χ3n) is 6.75. The number of nitrogens with zero attached hydrogens (tertiary/aromatic N) is 7. The van der Waals surface area contributed by atoms with Crippen LogP contribution in [0.15, 0.2) is 23.8 Å². The van der Waals surface area contributed by atoms with Gasteiger partial charge in [-0.1, -0.05) is 0 Å². The number of H-pyrrole nitrogens is 1. The van der Waals surface area contributed by atoms with Gasteiger partial charge in [0.05, 0.1) is 18.8 Å². The number of hydrogen-bond acceptors (Lipinski definition) is 16. The van der Waals surface area contributed by atoms with E-state index in [9.17, 15) is 23.4 Å². The summed E-state index contributed by atoms with van der Waals surface area (Å²) in [5.74, 6) is -0.102. The second-order valence-corrected chi connectivity index (χ2v) is 11.1. The molecular weight excluding hydrogens is 621 g/mol. The number of anilines is 2. The molecule has 20 nitrogen and oxygen atoms in total. The van der Waals surface area contributed by atoms with Crippen molar-refractivity contribution < 1.29 is 46.6 Å². The van der Waals surface area contributed by atoms with E-state index in [1.807, 2.05) is 0 Å². The lowest BCUT2D eigenvalue weighted by atomic mass is 10.1. The Hall–Kier alpha value is -3.65. The zero-order valence-electron chi connectivity index (χ0n) is 21.6. The van der Waals surface area contributed by atoms with Gasteiger partial charge in [0.2, 0.25) is 5.95 Å². The molecule has 0 amide bonds. The van der Waals surface area contributed by atoms with Crippen LogP contribution in [0, 0.1) is 0 Å². The molecule has 23 heteroatoms. The van der Waals surface area contributed by atoms with Crippen molar-refractivity contribution in [2.45, 2.75) is 49.5 Å². The first kappa shape index (κ1) is 29.4. The fraction of sp³-hybridized carbons (Fsp3) is 0.500. The number of aromatic nitrogens is 8. The topological polar surface area (TPSA) is 280 Å². The van der Waals surface area contributed by atoms with Gasteiger partial charge in [0.15, 0.2) is 41.2 Å². The van der Waals surface area contributed by atoms with E-state index in [0.29, 0.717) is 0 Å². The molecule has 0 aliphatic carbocycles. The minimum Gasteiger partial charge on any atom is -0.385 e. The predicted octanol–water partition coefficient (Wildman–Crippen LogP) is -0.267. The van der Waals surface area contributed by atoms with Crippen LogP contribution in [0.2, 0.25) is 0 Å². The molecule has 4 aromatic heterocycles. The smallest absolute Gasteiger partial charge is 0.385 e. The number of aromatic amines is 1. The maximum Gasteiger partial charge on any atom is 0.697 e. The summed E-state index contributed by atoms with van der Waals surface area (Å²) in [5, 5.41) is 11.0. The molecule has 0 bridgehead atoms. The normalized spacial score (nSPS) is 28.2. The van der Waals surface area contributed by atoms with E-state index in [4.69, 9.17) is 39.4 Å². The summed E-state index contributed by atoms with van der Waals surface area (Å²) in [6.07, 6.45) is -5.43. The van der Waals surface area contributed by atoms with Crippen molar-refractivity contribution in [1.29, 1.82) is 0 Å². The highest BCUT2D eigenvalue weighted by Crippen LogP contribution is 2.41. The van der Waals surface area contributed by atoms with Crippen molar-refractivity contribution in [3.63, 3.8) is 0 Å². The monoisotopic (exact) mass is 644 g/mol. The highest BCUT2D eigenvalue weighted by atomic mass is 31.1. The Morgan fingerprint density at radius 3 is 2.56 bits per heavy atom. The Morgan fingerprint density at radius 1 is 1.05 bits per heavy atom. The first-order valence-electron chi connectivity index (χ1n) is 12.4. The first-order chi connectivity index (χ1) is 20.6. The number of rotatable bonds is 10. The summed E-state index contributed by atoms with van der Waals surface area (Å²) >= 11 is 0. The van der Waals surface area contributed by atoms with E-state index in [0.717, 1.165) is 6.33 Å². The zero-order chi connectivity index (χ0) is 30.4. The molecule has 6 heterocycles. The van der Waals surface area contributed by atoms with Gasteiger partial charge in [0.1, 0.15) is 43.4 Å². The lowest BCUT2D eigenvalue weighted by molar-refractivity contribution is -0.0476. The maximum atomic E-state index is 14.9. The molecule has 43 heavy (non-hydrogen) atoms. The Balaban J connectivity index is 1.12. The summed E-state index contributed by atoms with van der Waals surface area (Å²) < 4.78 is 68.4. The predicted molar refractivity (Wildman–Crippen MR) is 140 cm³/mol. The number of halogens is 1. The van der Waals surface area contributed by atoms with Crippen molar-refractivity contribution in [2.24, 2.45) is 0 Å². The highest BCUT2D eigenvalue weighted by Gasteiger charge is 2.52. The van der Waals surface area contributed by atoms with Crippen molar-refractivity contribution >= 4 is 50.6 Å². The van der Waals surface area contributed by atoms with Crippen LogP contribution in [-0.2, 0) is 32.2 Å². The van der Waals surface area contributed by atoms with E-state index in [1.54, 1.807) is 0 Å². The van der Waals surface area contributed by atoms with Gasteiger partial charge in [-0.05, 0) is 0 Å². The van der Waals surface area contributed by atoms with Crippen LogP contribution < -0.4 is 17.0 Å².